The first kappa shape index (κ1) is 25.9. The number of hydrogen-bond donors (Lipinski definition) is 0. The molecule has 10 nitrogen and oxygen atoms in total. The van der Waals surface area contributed by atoms with Crippen molar-refractivity contribution in [1.29, 1.82) is 0 Å². The number of carbonyl (C=O) groups excluding carboxylic acids is 1. The Morgan fingerprint density at radius 2 is 1.92 bits per heavy atom. The smallest absolute Gasteiger partial charge is 0.357 e. The van der Waals surface area contributed by atoms with Crippen LogP contribution in [0.1, 0.15) is 43.2 Å². The molecule has 1 aromatic carbocycles. The Labute approximate surface area is 221 Å². The minimum atomic E-state index is -1.59. The van der Waals surface area contributed by atoms with Gasteiger partial charge in [-0.1, -0.05) is 11.3 Å². The predicted molar refractivity (Wildman–Crippen MR) is 126 cm³/mol. The van der Waals surface area contributed by atoms with Gasteiger partial charge in [0, 0.05) is 18.2 Å². The summed E-state index contributed by atoms with van der Waals surface area (Å²) in [6, 6.07) is 5.65. The Balaban J connectivity index is 1.44. The Morgan fingerprint density at radius 3 is 2.62 bits per heavy atom. The van der Waals surface area contributed by atoms with Crippen LogP contribution in [0.5, 0.6) is 0 Å². The average Bonchev–Trinajstić information content (AvgIpc) is 3.59. The van der Waals surface area contributed by atoms with E-state index < -0.39 is 59.3 Å². The van der Waals surface area contributed by atoms with Gasteiger partial charge in [-0.15, -0.1) is 5.10 Å². The highest BCUT2D eigenvalue weighted by atomic mass is 19.2. The van der Waals surface area contributed by atoms with Gasteiger partial charge in [0.25, 0.3) is 0 Å². The number of fused-ring (bicyclic) bond motifs is 1. The van der Waals surface area contributed by atoms with Crippen LogP contribution in [-0.2, 0) is 23.7 Å². The first-order valence-corrected chi connectivity index (χ1v) is 12.5. The van der Waals surface area contributed by atoms with Crippen molar-refractivity contribution in [2.75, 3.05) is 13.2 Å². The summed E-state index contributed by atoms with van der Waals surface area (Å²) in [4.78, 5) is 17.3. The SMILES string of the molecule is CC1(C)OC[C@H]2O[C@@]3(CCCO3)[C@H](OC(=O)c3ccccn3)[C@@H](n3cc(-c4cc(F)c(F)c(F)c4)nn3)[C@H]2O1. The van der Waals surface area contributed by atoms with Gasteiger partial charge in [-0.05, 0) is 44.5 Å². The van der Waals surface area contributed by atoms with Gasteiger partial charge in [-0.25, -0.2) is 27.6 Å². The van der Waals surface area contributed by atoms with Crippen molar-refractivity contribution in [3.63, 3.8) is 0 Å². The molecule has 39 heavy (non-hydrogen) atoms. The number of hydrogen-bond acceptors (Lipinski definition) is 9. The lowest BCUT2D eigenvalue weighted by Crippen LogP contribution is -2.67. The maximum Gasteiger partial charge on any atom is 0.357 e. The Kier molecular flexibility index (Phi) is 6.41. The molecule has 0 amide bonds. The summed E-state index contributed by atoms with van der Waals surface area (Å²) in [5, 5.41) is 8.28. The van der Waals surface area contributed by atoms with Gasteiger partial charge in [0.15, 0.2) is 29.3 Å². The Hall–Kier alpha value is -3.39. The van der Waals surface area contributed by atoms with Crippen LogP contribution in [0.4, 0.5) is 13.2 Å². The third kappa shape index (κ3) is 4.69. The quantitative estimate of drug-likeness (QED) is 0.359. The molecule has 13 heteroatoms. The van der Waals surface area contributed by atoms with E-state index in [1.807, 2.05) is 0 Å². The molecule has 3 fully saturated rings. The summed E-state index contributed by atoms with van der Waals surface area (Å²) < 4.78 is 73.5. The minimum absolute atomic E-state index is 0.0247. The maximum absolute atomic E-state index is 14.0. The van der Waals surface area contributed by atoms with E-state index in [9.17, 15) is 18.0 Å². The summed E-state index contributed by atoms with van der Waals surface area (Å²) in [6.07, 6.45) is 1.49. The van der Waals surface area contributed by atoms with Gasteiger partial charge in [0.1, 0.15) is 29.6 Å². The van der Waals surface area contributed by atoms with Crippen LogP contribution in [0.2, 0.25) is 0 Å². The second-order valence-corrected chi connectivity index (χ2v) is 10.1. The van der Waals surface area contributed by atoms with Gasteiger partial charge >= 0.3 is 5.97 Å². The summed E-state index contributed by atoms with van der Waals surface area (Å²) in [5.74, 6) is -7.37. The molecule has 0 saturated carbocycles. The van der Waals surface area contributed by atoms with Crippen molar-refractivity contribution in [3.05, 3.63) is 65.9 Å². The summed E-state index contributed by atoms with van der Waals surface area (Å²) in [7, 11) is 0. The standard InChI is InChI=1S/C26H25F3N4O6/c1-25(2)36-13-19-22(39-25)21(33-12-18(31-32-33)14-10-15(27)20(29)16(28)11-14)23(26(38-19)7-5-9-35-26)37-24(34)17-6-3-4-8-30-17/h3-4,6,8,10-12,19,21-23H,5,7,9,13H2,1-2H3/t19-,21+,22+,23-,26+/m1/s1. The molecule has 0 aliphatic carbocycles. The van der Waals surface area contributed by atoms with Gasteiger partial charge in [-0.2, -0.15) is 0 Å². The van der Waals surface area contributed by atoms with Crippen molar-refractivity contribution in [2.24, 2.45) is 0 Å². The Morgan fingerprint density at radius 1 is 1.13 bits per heavy atom. The van der Waals surface area contributed by atoms with E-state index in [4.69, 9.17) is 23.7 Å². The minimum Gasteiger partial charge on any atom is -0.449 e. The molecular weight excluding hydrogens is 521 g/mol. The van der Waals surface area contributed by atoms with E-state index in [0.717, 1.165) is 12.1 Å². The fourth-order valence-electron chi connectivity index (χ4n) is 5.28. The molecule has 2 aromatic heterocycles. The molecule has 3 aliphatic rings. The van der Waals surface area contributed by atoms with E-state index in [1.165, 1.54) is 23.1 Å². The number of esters is 1. The molecular formula is C26H25F3N4O6. The summed E-state index contributed by atoms with van der Waals surface area (Å²) in [6.45, 7) is 4.01. The lowest BCUT2D eigenvalue weighted by Gasteiger charge is -2.53. The number of carbonyl (C=O) groups is 1. The van der Waals surface area contributed by atoms with Crippen LogP contribution in [0.15, 0.2) is 42.7 Å². The molecule has 5 atom stereocenters. The molecule has 1 spiro atoms. The normalized spacial score (nSPS) is 29.8. The zero-order chi connectivity index (χ0) is 27.4. The lowest BCUT2D eigenvalue weighted by molar-refractivity contribution is -0.398. The first-order chi connectivity index (χ1) is 18.7. The number of pyridine rings is 1. The van der Waals surface area contributed by atoms with Crippen molar-refractivity contribution in [2.45, 2.75) is 62.6 Å². The van der Waals surface area contributed by atoms with Gasteiger partial charge in [-0.3, -0.25) is 0 Å². The zero-order valence-electron chi connectivity index (χ0n) is 21.1. The Bertz CT molecular complexity index is 1360. The van der Waals surface area contributed by atoms with E-state index in [-0.39, 0.29) is 23.6 Å². The lowest BCUT2D eigenvalue weighted by atomic mass is 9.87. The molecule has 3 aliphatic heterocycles. The number of benzene rings is 1. The molecule has 3 aromatic rings. The first-order valence-electron chi connectivity index (χ1n) is 12.5. The average molecular weight is 547 g/mol. The molecule has 0 N–H and O–H groups in total. The van der Waals surface area contributed by atoms with Crippen LogP contribution >= 0.6 is 0 Å². The van der Waals surface area contributed by atoms with Gasteiger partial charge in [0.05, 0.1) is 19.4 Å². The summed E-state index contributed by atoms with van der Waals surface area (Å²) in [5.41, 5.74) is 0.123. The van der Waals surface area contributed by atoms with Crippen molar-refractivity contribution < 1.29 is 41.7 Å². The highest BCUT2D eigenvalue weighted by molar-refractivity contribution is 5.87. The highest BCUT2D eigenvalue weighted by Crippen LogP contribution is 2.48. The third-order valence-corrected chi connectivity index (χ3v) is 7.03. The molecule has 3 saturated heterocycles. The van der Waals surface area contributed by atoms with Gasteiger partial charge in [0.2, 0.25) is 5.79 Å². The van der Waals surface area contributed by atoms with Gasteiger partial charge < -0.3 is 23.7 Å². The topological polar surface area (TPSA) is 107 Å². The largest absolute Gasteiger partial charge is 0.449 e. The van der Waals surface area contributed by atoms with E-state index in [0.29, 0.717) is 19.4 Å². The van der Waals surface area contributed by atoms with Crippen molar-refractivity contribution >= 4 is 5.97 Å². The maximum atomic E-state index is 14.0. The number of ether oxygens (including phenoxy) is 5. The zero-order valence-corrected chi connectivity index (χ0v) is 21.1. The molecule has 0 unspecified atom stereocenters. The predicted octanol–water partition coefficient (Wildman–Crippen LogP) is 3.58. The molecule has 0 radical (unpaired) electrons. The fourth-order valence-corrected chi connectivity index (χ4v) is 5.28. The van der Waals surface area contributed by atoms with E-state index in [1.54, 1.807) is 26.0 Å². The van der Waals surface area contributed by atoms with Crippen LogP contribution in [0.3, 0.4) is 0 Å². The van der Waals surface area contributed by atoms with Crippen molar-refractivity contribution in [1.82, 2.24) is 20.0 Å². The number of halogens is 3. The summed E-state index contributed by atoms with van der Waals surface area (Å²) >= 11 is 0. The fraction of sp³-hybridized carbons (Fsp3) is 0.462. The van der Waals surface area contributed by atoms with Crippen LogP contribution < -0.4 is 0 Å². The number of aromatic nitrogens is 4. The molecule has 206 valence electrons. The molecule has 0 bridgehead atoms. The number of rotatable bonds is 4. The highest BCUT2D eigenvalue weighted by Gasteiger charge is 2.62. The van der Waals surface area contributed by atoms with E-state index in [2.05, 4.69) is 15.3 Å². The third-order valence-electron chi connectivity index (χ3n) is 7.03. The van der Waals surface area contributed by atoms with Crippen molar-refractivity contribution in [3.8, 4) is 11.3 Å². The number of nitrogens with zero attached hydrogens (tertiary/aromatic N) is 4. The second kappa shape index (κ2) is 9.66. The van der Waals surface area contributed by atoms with Crippen LogP contribution in [0, 0.1) is 17.5 Å². The molecule has 6 rings (SSSR count). The molecule has 5 heterocycles. The van der Waals surface area contributed by atoms with Crippen LogP contribution in [0.25, 0.3) is 11.3 Å². The monoisotopic (exact) mass is 546 g/mol. The van der Waals surface area contributed by atoms with Crippen LogP contribution in [-0.4, -0.2) is 69.0 Å². The van der Waals surface area contributed by atoms with E-state index >= 15 is 0 Å². The second-order valence-electron chi connectivity index (χ2n) is 10.1.